The van der Waals surface area contributed by atoms with Gasteiger partial charge in [-0.2, -0.15) is 0 Å². The van der Waals surface area contributed by atoms with Crippen molar-refractivity contribution in [1.29, 1.82) is 0 Å². The first-order valence-corrected chi connectivity index (χ1v) is 12.0. The van der Waals surface area contributed by atoms with Crippen molar-refractivity contribution in [1.82, 2.24) is 0 Å². The lowest BCUT2D eigenvalue weighted by molar-refractivity contribution is 0.246. The number of nitrogens with two attached hydrogens (primary N) is 1. The molecule has 0 saturated carbocycles. The highest BCUT2D eigenvalue weighted by atomic mass is 32.2. The van der Waals surface area contributed by atoms with Crippen molar-refractivity contribution in [3.63, 3.8) is 0 Å². The second-order valence-corrected chi connectivity index (χ2v) is 10.6. The van der Waals surface area contributed by atoms with Crippen LogP contribution in [0.3, 0.4) is 0 Å². The lowest BCUT2D eigenvalue weighted by Gasteiger charge is -2.19. The summed E-state index contributed by atoms with van der Waals surface area (Å²) in [6.45, 7) is -0.0414. The zero-order valence-electron chi connectivity index (χ0n) is 13.4. The van der Waals surface area contributed by atoms with E-state index in [2.05, 4.69) is 12.1 Å². The summed E-state index contributed by atoms with van der Waals surface area (Å²) >= 11 is 1.82. The molecule has 0 aliphatic rings. The number of unbranched alkanes of at least 4 members (excludes halogenated alkanes) is 4. The third-order valence-corrected chi connectivity index (χ3v) is 8.04. The summed E-state index contributed by atoms with van der Waals surface area (Å²) in [7, 11) is -9.33. The molecule has 1 aromatic rings. The molecule has 0 spiro atoms. The molecule has 0 saturated heterocycles. The second kappa shape index (κ2) is 10.7. The van der Waals surface area contributed by atoms with Gasteiger partial charge in [-0.1, -0.05) is 37.5 Å². The van der Waals surface area contributed by atoms with Gasteiger partial charge in [0.2, 0.25) is 5.52 Å². The van der Waals surface area contributed by atoms with Gasteiger partial charge in [0.15, 0.2) is 0 Å². The third-order valence-electron chi connectivity index (χ3n) is 3.26. The Labute approximate surface area is 146 Å². The Balaban J connectivity index is 2.04. The third kappa shape index (κ3) is 8.79. The van der Waals surface area contributed by atoms with E-state index in [1.165, 1.54) is 4.90 Å². The molecule has 24 heavy (non-hydrogen) atoms. The van der Waals surface area contributed by atoms with Crippen molar-refractivity contribution in [2.45, 2.75) is 42.5 Å². The molecule has 1 aromatic carbocycles. The van der Waals surface area contributed by atoms with E-state index in [-0.39, 0.29) is 6.61 Å². The van der Waals surface area contributed by atoms with Crippen LogP contribution in [0.25, 0.3) is 0 Å². The van der Waals surface area contributed by atoms with E-state index in [1.54, 1.807) is 0 Å². The van der Waals surface area contributed by atoms with Gasteiger partial charge in [0.05, 0.1) is 6.61 Å². The van der Waals surface area contributed by atoms with E-state index in [9.17, 15) is 14.0 Å². The first-order chi connectivity index (χ1) is 11.2. The Bertz CT molecular complexity index is 568. The minimum atomic E-state index is -4.84. The van der Waals surface area contributed by atoms with Gasteiger partial charge < -0.3 is 24.9 Å². The Morgan fingerprint density at radius 1 is 1.00 bits per heavy atom. The van der Waals surface area contributed by atoms with Gasteiger partial charge >= 0.3 is 15.2 Å². The van der Waals surface area contributed by atoms with Gasteiger partial charge in [-0.25, -0.2) is 0 Å². The number of benzene rings is 1. The largest absolute Gasteiger partial charge is 0.357 e. The van der Waals surface area contributed by atoms with Gasteiger partial charge in [0.25, 0.3) is 0 Å². The molecule has 2 unspecified atom stereocenters. The molecule has 0 heterocycles. The lowest BCUT2D eigenvalue weighted by atomic mass is 10.2. The monoisotopic (exact) mass is 397 g/mol. The molecular weight excluding hydrogens is 372 g/mol. The molecular formula is C14H25NO6P2S. The van der Waals surface area contributed by atoms with E-state index >= 15 is 0 Å². The van der Waals surface area contributed by atoms with Gasteiger partial charge in [0, 0.05) is 4.90 Å². The molecule has 0 bridgehead atoms. The Morgan fingerprint density at radius 3 is 2.21 bits per heavy atom. The molecule has 0 aliphatic heterocycles. The van der Waals surface area contributed by atoms with Crippen molar-refractivity contribution in [2.75, 3.05) is 12.4 Å². The van der Waals surface area contributed by atoms with E-state index < -0.39 is 20.7 Å². The Morgan fingerprint density at radius 2 is 1.58 bits per heavy atom. The first-order valence-electron chi connectivity index (χ1n) is 7.69. The maximum absolute atomic E-state index is 11.6. The average Bonchev–Trinajstić information content (AvgIpc) is 2.52. The number of thioether (sulfide) groups is 1. The Kier molecular flexibility index (Phi) is 9.79. The fourth-order valence-corrected chi connectivity index (χ4v) is 5.10. The minimum Gasteiger partial charge on any atom is -0.323 e. The lowest BCUT2D eigenvalue weighted by Crippen LogP contribution is -2.21. The van der Waals surface area contributed by atoms with Crippen LogP contribution >= 0.6 is 27.0 Å². The standard InChI is InChI=1S/C14H25NO6P2S/c15-14(22(16,17)18)23(19,20)21-11-7-2-1-3-8-12-24-13-9-5-4-6-10-13/h4-6,9-10,14H,1-3,7-8,11-12,15H2,(H,19,20)(H2,16,17,18). The first kappa shape index (κ1) is 21.9. The molecule has 0 aliphatic carbocycles. The van der Waals surface area contributed by atoms with Crippen LogP contribution in [0.1, 0.15) is 32.1 Å². The fourth-order valence-electron chi connectivity index (χ4n) is 1.90. The van der Waals surface area contributed by atoms with E-state index in [4.69, 9.17) is 20.0 Å². The summed E-state index contributed by atoms with van der Waals surface area (Å²) in [5.41, 5.74) is 2.89. The van der Waals surface area contributed by atoms with Crippen LogP contribution in [0, 0.1) is 0 Å². The van der Waals surface area contributed by atoms with E-state index in [1.807, 2.05) is 30.0 Å². The number of hydrogen-bond donors (Lipinski definition) is 4. The highest BCUT2D eigenvalue weighted by Crippen LogP contribution is 2.60. The smallest absolute Gasteiger partial charge is 0.323 e. The summed E-state index contributed by atoms with van der Waals surface area (Å²) in [6.07, 6.45) is 4.48. The van der Waals surface area contributed by atoms with Crippen molar-refractivity contribution in [3.05, 3.63) is 30.3 Å². The van der Waals surface area contributed by atoms with Gasteiger partial charge in [-0.3, -0.25) is 9.13 Å². The van der Waals surface area contributed by atoms with Crippen LogP contribution < -0.4 is 5.73 Å². The van der Waals surface area contributed by atoms with Crippen LogP contribution in [0.15, 0.2) is 35.2 Å². The van der Waals surface area contributed by atoms with E-state index in [0.29, 0.717) is 6.42 Å². The molecule has 7 nitrogen and oxygen atoms in total. The molecule has 0 aromatic heterocycles. The summed E-state index contributed by atoms with van der Waals surface area (Å²) in [5.74, 6) is 1.05. The molecule has 10 heteroatoms. The van der Waals surface area contributed by atoms with Gasteiger partial charge in [0.1, 0.15) is 0 Å². The predicted octanol–water partition coefficient (Wildman–Crippen LogP) is 3.35. The van der Waals surface area contributed by atoms with Gasteiger partial charge in [-0.15, -0.1) is 11.8 Å². The summed E-state index contributed by atoms with van der Waals surface area (Å²) < 4.78 is 27.1. The number of hydrogen-bond acceptors (Lipinski definition) is 5. The molecule has 2 atom stereocenters. The topological polar surface area (TPSA) is 130 Å². The molecule has 138 valence electrons. The van der Waals surface area contributed by atoms with Crippen LogP contribution in [0.4, 0.5) is 0 Å². The zero-order valence-corrected chi connectivity index (χ0v) is 16.0. The Hall–Kier alpha value is -0.170. The van der Waals surface area contributed by atoms with Crippen molar-refractivity contribution >= 4 is 27.0 Å². The number of rotatable bonds is 12. The fraction of sp³-hybridized carbons (Fsp3) is 0.571. The second-order valence-electron chi connectivity index (χ2n) is 5.33. The summed E-state index contributed by atoms with van der Waals surface area (Å²) in [4.78, 5) is 28.3. The van der Waals surface area contributed by atoms with Crippen molar-refractivity contribution in [2.24, 2.45) is 5.73 Å². The summed E-state index contributed by atoms with van der Waals surface area (Å²) in [5, 5.41) is 0. The maximum Gasteiger partial charge on any atom is 0.357 e. The zero-order chi connectivity index (χ0) is 18.1. The maximum atomic E-state index is 11.6. The van der Waals surface area contributed by atoms with Crippen molar-refractivity contribution < 1.29 is 28.3 Å². The highest BCUT2D eigenvalue weighted by molar-refractivity contribution is 7.99. The SMILES string of the molecule is NC(P(=O)(O)O)P(=O)(O)OCCCCCCCSc1ccccc1. The van der Waals surface area contributed by atoms with Crippen LogP contribution in [0.5, 0.6) is 0 Å². The highest BCUT2D eigenvalue weighted by Gasteiger charge is 2.42. The quantitative estimate of drug-likeness (QED) is 0.240. The predicted molar refractivity (Wildman–Crippen MR) is 96.0 cm³/mol. The molecule has 0 amide bonds. The summed E-state index contributed by atoms with van der Waals surface area (Å²) in [6, 6.07) is 10.2. The molecule has 0 radical (unpaired) electrons. The van der Waals surface area contributed by atoms with Gasteiger partial charge in [-0.05, 0) is 30.7 Å². The van der Waals surface area contributed by atoms with Crippen LogP contribution in [0.2, 0.25) is 0 Å². The molecule has 5 N–H and O–H groups in total. The normalized spacial score (nSPS) is 15.8. The van der Waals surface area contributed by atoms with Crippen LogP contribution in [-0.2, 0) is 13.7 Å². The average molecular weight is 397 g/mol. The minimum absolute atomic E-state index is 0.0414. The van der Waals surface area contributed by atoms with Crippen LogP contribution in [-0.4, -0.2) is 32.6 Å². The molecule has 0 fully saturated rings. The molecule has 1 rings (SSSR count). The van der Waals surface area contributed by atoms with Crippen molar-refractivity contribution in [3.8, 4) is 0 Å². The van der Waals surface area contributed by atoms with E-state index in [0.717, 1.165) is 31.4 Å².